The minimum atomic E-state index is -2.92. The fraction of sp³-hybridized carbons (Fsp3) is 0.333. The molecular formula is C21H20F2N6O. The second-order valence-electron chi connectivity index (χ2n) is 7.12. The third-order valence-corrected chi connectivity index (χ3v) is 5.34. The Balaban J connectivity index is 1.70. The lowest BCUT2D eigenvalue weighted by Crippen LogP contribution is -2.47. The summed E-state index contributed by atoms with van der Waals surface area (Å²) in [4.78, 5) is 8.51. The summed E-state index contributed by atoms with van der Waals surface area (Å²) in [6.45, 7) is -1.34. The summed E-state index contributed by atoms with van der Waals surface area (Å²) in [5.41, 5.74) is 1.66. The lowest BCUT2D eigenvalue weighted by molar-refractivity contribution is -0.0497. The molecule has 0 aliphatic carbocycles. The quantitative estimate of drug-likeness (QED) is 0.636. The Morgan fingerprint density at radius 1 is 1.33 bits per heavy atom. The zero-order valence-corrected chi connectivity index (χ0v) is 16.4. The van der Waals surface area contributed by atoms with E-state index in [1.165, 1.54) is 18.3 Å². The molecule has 7 nitrogen and oxygen atoms in total. The van der Waals surface area contributed by atoms with Crippen LogP contribution in [0.25, 0.3) is 10.9 Å². The monoisotopic (exact) mass is 410 g/mol. The molecule has 0 N–H and O–H groups in total. The number of hydrogen-bond acceptors (Lipinski definition) is 7. The van der Waals surface area contributed by atoms with Crippen LogP contribution >= 0.6 is 0 Å². The Morgan fingerprint density at radius 3 is 2.93 bits per heavy atom. The number of piperidine rings is 1. The van der Waals surface area contributed by atoms with Crippen LogP contribution < -0.4 is 14.5 Å². The van der Waals surface area contributed by atoms with Gasteiger partial charge >= 0.3 is 6.61 Å². The number of likely N-dealkylation sites (N-methyl/N-ethyl adjacent to an activating group) is 1. The Hall–Kier alpha value is -3.54. The Kier molecular flexibility index (Phi) is 5.57. The van der Waals surface area contributed by atoms with Gasteiger partial charge in [0.05, 0.1) is 16.8 Å². The summed E-state index contributed by atoms with van der Waals surface area (Å²) < 4.78 is 30.0. The van der Waals surface area contributed by atoms with Crippen LogP contribution in [0.4, 0.5) is 20.3 Å². The first-order chi connectivity index (χ1) is 14.6. The molecule has 1 fully saturated rings. The molecule has 0 radical (unpaired) electrons. The minimum absolute atomic E-state index is 0.0360. The van der Waals surface area contributed by atoms with E-state index in [1.807, 2.05) is 24.1 Å². The number of ether oxygens (including phenoxy) is 1. The molecular weight excluding hydrogens is 390 g/mol. The highest BCUT2D eigenvalue weighted by Gasteiger charge is 2.27. The second-order valence-corrected chi connectivity index (χ2v) is 7.12. The van der Waals surface area contributed by atoms with Gasteiger partial charge in [-0.1, -0.05) is 0 Å². The SMILES string of the molecule is CN(c1c(C#N)cnc2ccc(OC(F)F)cc12)C1CCCN(c2cccnn2)C1. The zero-order valence-electron chi connectivity index (χ0n) is 16.4. The standard InChI is InChI=1S/C21H20F2N6O/c1-28(15-4-3-9-29(13-15)19-5-2-8-26-27-19)20-14(11-24)12-25-18-7-6-16(10-17(18)20)30-21(22)23/h2,5-8,10,12,15,21H,3-4,9,13H2,1H3. The lowest BCUT2D eigenvalue weighted by atomic mass is 10.0. The third kappa shape index (κ3) is 3.94. The number of benzene rings is 1. The van der Waals surface area contributed by atoms with Crippen molar-refractivity contribution >= 4 is 22.4 Å². The highest BCUT2D eigenvalue weighted by atomic mass is 19.3. The lowest BCUT2D eigenvalue weighted by Gasteiger charge is -2.39. The molecule has 2 aromatic heterocycles. The Labute approximate surface area is 172 Å². The van der Waals surface area contributed by atoms with E-state index in [0.29, 0.717) is 28.7 Å². The number of nitrogens with zero attached hydrogens (tertiary/aromatic N) is 6. The van der Waals surface area contributed by atoms with Crippen molar-refractivity contribution in [1.82, 2.24) is 15.2 Å². The molecule has 3 heterocycles. The number of hydrogen-bond donors (Lipinski definition) is 0. The van der Waals surface area contributed by atoms with Crippen molar-refractivity contribution in [3.63, 3.8) is 0 Å². The van der Waals surface area contributed by atoms with Crippen molar-refractivity contribution < 1.29 is 13.5 Å². The van der Waals surface area contributed by atoms with Crippen molar-refractivity contribution in [1.29, 1.82) is 5.26 Å². The van der Waals surface area contributed by atoms with E-state index in [1.54, 1.807) is 12.3 Å². The molecule has 1 aromatic carbocycles. The summed E-state index contributed by atoms with van der Waals surface area (Å²) in [5.74, 6) is 0.845. The van der Waals surface area contributed by atoms with Gasteiger partial charge in [-0.2, -0.15) is 19.1 Å². The fourth-order valence-corrected chi connectivity index (χ4v) is 3.92. The van der Waals surface area contributed by atoms with Crippen LogP contribution in [0.1, 0.15) is 18.4 Å². The van der Waals surface area contributed by atoms with E-state index >= 15 is 0 Å². The van der Waals surface area contributed by atoms with E-state index in [4.69, 9.17) is 0 Å². The van der Waals surface area contributed by atoms with Crippen LogP contribution in [0.5, 0.6) is 5.75 Å². The molecule has 1 atom stereocenters. The van der Waals surface area contributed by atoms with Gasteiger partial charge in [0.2, 0.25) is 0 Å². The van der Waals surface area contributed by atoms with Crippen LogP contribution in [0.15, 0.2) is 42.7 Å². The Bertz CT molecular complexity index is 1070. The number of pyridine rings is 1. The van der Waals surface area contributed by atoms with Crippen molar-refractivity contribution in [3.8, 4) is 11.8 Å². The normalized spacial score (nSPS) is 16.5. The van der Waals surface area contributed by atoms with Gasteiger partial charge in [-0.15, -0.1) is 5.10 Å². The average molecular weight is 410 g/mol. The van der Waals surface area contributed by atoms with Gasteiger partial charge in [0.1, 0.15) is 11.8 Å². The summed E-state index contributed by atoms with van der Waals surface area (Å²) in [7, 11) is 1.92. The molecule has 1 saturated heterocycles. The summed E-state index contributed by atoms with van der Waals surface area (Å²) >= 11 is 0. The van der Waals surface area contributed by atoms with E-state index in [0.717, 1.165) is 25.2 Å². The predicted molar refractivity (Wildman–Crippen MR) is 109 cm³/mol. The molecule has 4 rings (SSSR count). The fourth-order valence-electron chi connectivity index (χ4n) is 3.92. The van der Waals surface area contributed by atoms with Crippen molar-refractivity contribution in [2.24, 2.45) is 0 Å². The van der Waals surface area contributed by atoms with Crippen LogP contribution in [0.2, 0.25) is 0 Å². The maximum atomic E-state index is 12.7. The molecule has 0 spiro atoms. The van der Waals surface area contributed by atoms with Crippen LogP contribution in [-0.2, 0) is 0 Å². The zero-order chi connectivity index (χ0) is 21.1. The van der Waals surface area contributed by atoms with Crippen LogP contribution in [0.3, 0.4) is 0 Å². The number of aromatic nitrogens is 3. The highest BCUT2D eigenvalue weighted by Crippen LogP contribution is 2.34. The van der Waals surface area contributed by atoms with Gasteiger partial charge in [0, 0.05) is 44.0 Å². The van der Waals surface area contributed by atoms with Gasteiger partial charge in [0.15, 0.2) is 5.82 Å². The molecule has 1 unspecified atom stereocenters. The third-order valence-electron chi connectivity index (χ3n) is 5.34. The van der Waals surface area contributed by atoms with Gasteiger partial charge in [-0.3, -0.25) is 4.98 Å². The van der Waals surface area contributed by atoms with Crippen LogP contribution in [-0.4, -0.2) is 48.0 Å². The van der Waals surface area contributed by atoms with E-state index in [9.17, 15) is 14.0 Å². The van der Waals surface area contributed by atoms with Gasteiger partial charge in [0.25, 0.3) is 0 Å². The molecule has 154 valence electrons. The van der Waals surface area contributed by atoms with Crippen molar-refractivity contribution in [2.45, 2.75) is 25.5 Å². The molecule has 1 aliphatic rings. The number of alkyl halides is 2. The number of anilines is 2. The smallest absolute Gasteiger partial charge is 0.387 e. The van der Waals surface area contributed by atoms with E-state index in [-0.39, 0.29) is 11.8 Å². The minimum Gasteiger partial charge on any atom is -0.435 e. The number of fused-ring (bicyclic) bond motifs is 1. The molecule has 1 aliphatic heterocycles. The first-order valence-electron chi connectivity index (χ1n) is 9.60. The van der Waals surface area contributed by atoms with Crippen LogP contribution in [0, 0.1) is 11.3 Å². The van der Waals surface area contributed by atoms with Gasteiger partial charge in [-0.25, -0.2) is 0 Å². The summed E-state index contributed by atoms with van der Waals surface area (Å²) in [6.07, 6.45) is 5.04. The summed E-state index contributed by atoms with van der Waals surface area (Å²) in [6, 6.07) is 10.6. The number of rotatable bonds is 5. The maximum Gasteiger partial charge on any atom is 0.387 e. The number of nitriles is 1. The van der Waals surface area contributed by atoms with E-state index < -0.39 is 6.61 Å². The molecule has 0 bridgehead atoms. The number of halogens is 2. The first-order valence-corrected chi connectivity index (χ1v) is 9.60. The van der Waals surface area contributed by atoms with Gasteiger partial charge < -0.3 is 14.5 Å². The first kappa shape index (κ1) is 19.8. The highest BCUT2D eigenvalue weighted by molar-refractivity contribution is 5.95. The average Bonchev–Trinajstić information content (AvgIpc) is 2.78. The second kappa shape index (κ2) is 8.45. The largest absolute Gasteiger partial charge is 0.435 e. The summed E-state index contributed by atoms with van der Waals surface area (Å²) in [5, 5.41) is 18.4. The topological polar surface area (TPSA) is 78.2 Å². The Morgan fingerprint density at radius 2 is 2.20 bits per heavy atom. The molecule has 0 saturated carbocycles. The van der Waals surface area contributed by atoms with Gasteiger partial charge in [-0.05, 0) is 43.2 Å². The maximum absolute atomic E-state index is 12.7. The van der Waals surface area contributed by atoms with Crippen molar-refractivity contribution in [2.75, 3.05) is 29.9 Å². The molecule has 9 heteroatoms. The van der Waals surface area contributed by atoms with E-state index in [2.05, 4.69) is 30.9 Å². The predicted octanol–water partition coefficient (Wildman–Crippen LogP) is 3.60. The molecule has 0 amide bonds. The van der Waals surface area contributed by atoms with Crippen molar-refractivity contribution in [3.05, 3.63) is 48.3 Å². The molecule has 3 aromatic rings. The molecule has 30 heavy (non-hydrogen) atoms.